The molecule has 52 heavy (non-hydrogen) atoms. The number of H-pyrrole nitrogens is 1. The minimum Gasteiger partial charge on any atom is -0.469 e. The standard InChI is InChI=1S/C40H36N6O6/c1-18(2)17-49-39(48)43-27-14-20-11-12-28-25(13-20)40-24-9-5-8-22(32(24)46-38(40)51-28)21-7-6-10-26-30(21)23(15-41-26)29-16-42-36(50-29)33-34(40)52-37(45-33)31(19(3)4)44-35(27)47/h5-13,15-16,18-19,27,31,38,41,46H,14,17H2,1-4H3,(H,43,48)(H,44,47)/t27-,31-,38?,40?/m0/s1. The highest BCUT2D eigenvalue weighted by molar-refractivity contribution is 6.07. The Labute approximate surface area is 298 Å². The van der Waals surface area contributed by atoms with Crippen LogP contribution in [0.2, 0.25) is 0 Å². The molecule has 7 heterocycles. The summed E-state index contributed by atoms with van der Waals surface area (Å²) in [5.74, 6) is 1.93. The van der Waals surface area contributed by atoms with E-state index in [2.05, 4.69) is 51.3 Å². The molecule has 4 aliphatic heterocycles. The van der Waals surface area contributed by atoms with Crippen LogP contribution in [0.4, 0.5) is 10.5 Å². The van der Waals surface area contributed by atoms with E-state index in [1.165, 1.54) is 0 Å². The van der Waals surface area contributed by atoms with Crippen LogP contribution >= 0.6 is 0 Å². The molecule has 262 valence electrons. The Morgan fingerprint density at radius 3 is 2.71 bits per heavy atom. The Morgan fingerprint density at radius 1 is 1.02 bits per heavy atom. The van der Waals surface area contributed by atoms with Gasteiger partial charge in [0.1, 0.15) is 23.2 Å². The molecule has 0 saturated heterocycles. The summed E-state index contributed by atoms with van der Waals surface area (Å²) >= 11 is 0. The second kappa shape index (κ2) is 11.0. The maximum absolute atomic E-state index is 14.1. The Bertz CT molecular complexity index is 2460. The molecular weight excluding hydrogens is 660 g/mol. The van der Waals surface area contributed by atoms with Crippen molar-refractivity contribution in [3.8, 4) is 39.8 Å². The quantitative estimate of drug-likeness (QED) is 0.152. The fraction of sp³-hybridized carbons (Fsp3) is 0.300. The van der Waals surface area contributed by atoms with E-state index in [-0.39, 0.29) is 36.7 Å². The number of oxazole rings is 2. The predicted octanol–water partition coefficient (Wildman–Crippen LogP) is 7.06. The van der Waals surface area contributed by atoms with E-state index >= 15 is 0 Å². The summed E-state index contributed by atoms with van der Waals surface area (Å²) in [6.07, 6.45) is 2.59. The third kappa shape index (κ3) is 4.26. The van der Waals surface area contributed by atoms with Crippen LogP contribution in [0.5, 0.6) is 5.75 Å². The molecule has 1 spiro atoms. The number of para-hydroxylation sites is 1. The van der Waals surface area contributed by atoms with E-state index in [1.807, 2.05) is 58.2 Å². The van der Waals surface area contributed by atoms with Crippen molar-refractivity contribution >= 4 is 28.6 Å². The zero-order chi connectivity index (χ0) is 35.5. The number of hydrogen-bond donors (Lipinski definition) is 4. The number of benzene rings is 3. The first-order chi connectivity index (χ1) is 25.2. The van der Waals surface area contributed by atoms with Crippen LogP contribution in [0.25, 0.3) is 44.9 Å². The molecule has 6 aromatic rings. The lowest BCUT2D eigenvalue weighted by atomic mass is 9.72. The van der Waals surface area contributed by atoms with Gasteiger partial charge in [-0.05, 0) is 35.1 Å². The smallest absolute Gasteiger partial charge is 0.407 e. The van der Waals surface area contributed by atoms with E-state index < -0.39 is 29.8 Å². The predicted molar refractivity (Wildman–Crippen MR) is 192 cm³/mol. The average Bonchev–Trinajstić information content (AvgIpc) is 3.95. The third-order valence-electron chi connectivity index (χ3n) is 10.7. The van der Waals surface area contributed by atoms with Crippen LogP contribution in [0.15, 0.2) is 75.8 Å². The normalized spacial score (nSPS) is 21.9. The van der Waals surface area contributed by atoms with Crippen LogP contribution in [0.3, 0.4) is 0 Å². The van der Waals surface area contributed by atoms with Crippen molar-refractivity contribution in [2.45, 2.75) is 57.8 Å². The number of carbonyl (C=O) groups excluding carboxylic acids is 2. The molecule has 10 bridgehead atoms. The number of rotatable bonds is 4. The molecule has 10 rings (SSSR count). The Morgan fingerprint density at radius 2 is 1.87 bits per heavy atom. The molecule has 2 unspecified atom stereocenters. The molecule has 3 aromatic heterocycles. The lowest BCUT2D eigenvalue weighted by Crippen LogP contribution is -2.50. The Hall–Kier alpha value is -6.04. The number of fused-ring (bicyclic) bond motifs is 7. The number of aromatic nitrogens is 3. The van der Waals surface area contributed by atoms with E-state index in [0.717, 1.165) is 50.0 Å². The maximum atomic E-state index is 14.1. The number of anilines is 1. The van der Waals surface area contributed by atoms with Crippen molar-refractivity contribution in [3.63, 3.8) is 0 Å². The van der Waals surface area contributed by atoms with E-state index in [9.17, 15) is 9.59 Å². The SMILES string of the molecule is CC(C)COC(=O)N[C@H]1Cc2ccc3c(c2)C24c5cccc(c5NC2O3)-c2cccc3[nH]cc(c23)-c2cnc(o2)-c2nc(oc24)[C@H](C(C)C)NC1=O. The van der Waals surface area contributed by atoms with E-state index in [1.54, 1.807) is 6.20 Å². The summed E-state index contributed by atoms with van der Waals surface area (Å²) in [5, 5.41) is 10.8. The van der Waals surface area contributed by atoms with Gasteiger partial charge in [-0.15, -0.1) is 0 Å². The lowest BCUT2D eigenvalue weighted by Gasteiger charge is -2.28. The van der Waals surface area contributed by atoms with Gasteiger partial charge in [0.05, 0.1) is 12.8 Å². The number of aromatic amines is 1. The number of nitrogens with one attached hydrogen (secondary N) is 4. The van der Waals surface area contributed by atoms with E-state index in [0.29, 0.717) is 28.9 Å². The summed E-state index contributed by atoms with van der Waals surface area (Å²) in [4.78, 5) is 40.4. The van der Waals surface area contributed by atoms with Crippen LogP contribution in [-0.4, -0.2) is 45.8 Å². The van der Waals surface area contributed by atoms with Gasteiger partial charge in [-0.3, -0.25) is 4.79 Å². The minimum atomic E-state index is -1.04. The number of nitrogens with zero attached hydrogens (tertiary/aromatic N) is 2. The van der Waals surface area contributed by atoms with Crippen LogP contribution in [-0.2, 0) is 21.4 Å². The molecule has 0 saturated carbocycles. The largest absolute Gasteiger partial charge is 0.469 e. The first kappa shape index (κ1) is 30.8. The fourth-order valence-corrected chi connectivity index (χ4v) is 8.28. The molecule has 12 heteroatoms. The second-order valence-corrected chi connectivity index (χ2v) is 14.8. The maximum Gasteiger partial charge on any atom is 0.407 e. The monoisotopic (exact) mass is 696 g/mol. The Balaban J connectivity index is 1.26. The fourth-order valence-electron chi connectivity index (χ4n) is 8.28. The van der Waals surface area contributed by atoms with Gasteiger partial charge in [0.2, 0.25) is 17.7 Å². The molecule has 4 aliphatic rings. The molecule has 2 amide bonds. The lowest BCUT2D eigenvalue weighted by molar-refractivity contribution is -0.124. The summed E-state index contributed by atoms with van der Waals surface area (Å²) in [6, 6.07) is 16.8. The minimum absolute atomic E-state index is 0.140. The highest BCUT2D eigenvalue weighted by atomic mass is 16.5. The van der Waals surface area contributed by atoms with Crippen molar-refractivity contribution in [1.82, 2.24) is 25.6 Å². The third-order valence-corrected chi connectivity index (χ3v) is 10.7. The molecule has 0 fully saturated rings. The van der Waals surface area contributed by atoms with Crippen LogP contribution in [0, 0.1) is 11.8 Å². The van der Waals surface area contributed by atoms with Crippen molar-refractivity contribution < 1.29 is 27.9 Å². The zero-order valence-electron chi connectivity index (χ0n) is 29.0. The number of amides is 2. The number of ether oxygens (including phenoxy) is 2. The number of alkyl carbamates (subject to hydrolysis) is 1. The average molecular weight is 697 g/mol. The molecule has 3 aromatic carbocycles. The summed E-state index contributed by atoms with van der Waals surface area (Å²) in [7, 11) is 0. The molecule has 4 atom stereocenters. The van der Waals surface area contributed by atoms with Crippen LogP contribution in [0.1, 0.15) is 62.1 Å². The number of hydrogen-bond acceptors (Lipinski definition) is 9. The second-order valence-electron chi connectivity index (χ2n) is 14.8. The molecule has 0 radical (unpaired) electrons. The first-order valence-electron chi connectivity index (χ1n) is 17.7. The highest BCUT2D eigenvalue weighted by Gasteiger charge is 2.61. The van der Waals surface area contributed by atoms with Gasteiger partial charge in [0.25, 0.3) is 0 Å². The van der Waals surface area contributed by atoms with Gasteiger partial charge < -0.3 is 39.2 Å². The van der Waals surface area contributed by atoms with E-state index in [4.69, 9.17) is 28.3 Å². The van der Waals surface area contributed by atoms with Crippen molar-refractivity contribution in [1.29, 1.82) is 0 Å². The summed E-state index contributed by atoms with van der Waals surface area (Å²) < 4.78 is 25.9. The molecule has 0 aliphatic carbocycles. The number of carbonyl (C=O) groups is 2. The summed E-state index contributed by atoms with van der Waals surface area (Å²) in [5.41, 5.74) is 6.77. The van der Waals surface area contributed by atoms with Gasteiger partial charge >= 0.3 is 6.09 Å². The van der Waals surface area contributed by atoms with Gasteiger partial charge in [-0.25, -0.2) is 14.8 Å². The van der Waals surface area contributed by atoms with Gasteiger partial charge in [-0.2, -0.15) is 0 Å². The van der Waals surface area contributed by atoms with Crippen LogP contribution < -0.4 is 20.7 Å². The topological polar surface area (TPSA) is 157 Å². The zero-order valence-corrected chi connectivity index (χ0v) is 29.0. The molecule has 4 N–H and O–H groups in total. The molecular formula is C40H36N6O6. The van der Waals surface area contributed by atoms with Gasteiger partial charge in [0, 0.05) is 51.5 Å². The first-order valence-corrected chi connectivity index (χ1v) is 17.7. The van der Waals surface area contributed by atoms with Crippen molar-refractivity contribution in [2.75, 3.05) is 11.9 Å². The van der Waals surface area contributed by atoms with Crippen molar-refractivity contribution in [3.05, 3.63) is 95.3 Å². The van der Waals surface area contributed by atoms with Crippen molar-refractivity contribution in [2.24, 2.45) is 11.8 Å². The van der Waals surface area contributed by atoms with Gasteiger partial charge in [0.15, 0.2) is 23.4 Å². The Kier molecular flexibility index (Phi) is 6.49. The highest BCUT2D eigenvalue weighted by Crippen LogP contribution is 2.61. The van der Waals surface area contributed by atoms with Gasteiger partial charge in [-0.1, -0.05) is 70.2 Å². The summed E-state index contributed by atoms with van der Waals surface area (Å²) in [6.45, 7) is 8.11. The molecule has 12 nitrogen and oxygen atoms in total.